The largest absolute Gasteiger partial charge is 0.370 e. The Balaban J connectivity index is 3.93. The smallest absolute Gasteiger partial charge is 0.193 e. The highest BCUT2D eigenvalue weighted by atomic mass is 32.1. The molecule has 0 rings (SSSR count). The van der Waals surface area contributed by atoms with E-state index < -0.39 is 0 Å². The highest BCUT2D eigenvalue weighted by Crippen LogP contribution is 1.87. The molecule has 0 spiro atoms. The normalized spacial score (nSPS) is 10.8. The molecule has 0 amide bonds. The molecule has 56 valence electrons. The number of nitrogens with one attached hydrogen (secondary N) is 1. The first-order valence-electron chi connectivity index (χ1n) is 2.77. The summed E-state index contributed by atoms with van der Waals surface area (Å²) in [7, 11) is 1.59. The van der Waals surface area contributed by atoms with E-state index >= 15 is 0 Å². The Morgan fingerprint density at radius 1 is 1.70 bits per heavy atom. The van der Waals surface area contributed by atoms with Crippen LogP contribution in [0.5, 0.6) is 0 Å². The maximum atomic E-state index is 5.32. The van der Waals surface area contributed by atoms with E-state index in [9.17, 15) is 0 Å². The zero-order chi connectivity index (χ0) is 8.15. The quantitative estimate of drug-likeness (QED) is 0.251. The minimum atomic E-state index is 0.313. The number of rotatable bonds is 1. The first-order valence-corrected chi connectivity index (χ1v) is 3.18. The minimum Gasteiger partial charge on any atom is -0.370 e. The van der Waals surface area contributed by atoms with Gasteiger partial charge in [-0.15, -0.1) is 0 Å². The van der Waals surface area contributed by atoms with Gasteiger partial charge in [0.25, 0.3) is 0 Å². The fourth-order valence-electron chi connectivity index (χ4n) is 0.279. The molecule has 0 unspecified atom stereocenters. The third kappa shape index (κ3) is 3.19. The molecule has 0 aliphatic heterocycles. The summed E-state index contributed by atoms with van der Waals surface area (Å²) in [5.74, 6) is 0.313. The summed E-state index contributed by atoms with van der Waals surface area (Å²) in [6, 6.07) is 0. The number of aliphatic imine (C=N–C) groups is 1. The average Bonchev–Trinajstić information content (AvgIpc) is 1.87. The Bertz CT molecular complexity index is 183. The number of hydrogen-bond acceptors (Lipinski definition) is 2. The molecule has 0 saturated carbocycles. The van der Waals surface area contributed by atoms with Crippen LogP contribution in [0.15, 0.2) is 17.1 Å². The van der Waals surface area contributed by atoms with Crippen LogP contribution in [0.3, 0.4) is 0 Å². The van der Waals surface area contributed by atoms with E-state index in [1.54, 1.807) is 14.0 Å². The Morgan fingerprint density at radius 2 is 2.20 bits per heavy atom. The van der Waals surface area contributed by atoms with Crippen LogP contribution in [-0.2, 0) is 0 Å². The maximum absolute atomic E-state index is 5.32. The maximum Gasteiger partial charge on any atom is 0.193 e. The van der Waals surface area contributed by atoms with E-state index in [4.69, 9.17) is 18.0 Å². The molecule has 0 fully saturated rings. The van der Waals surface area contributed by atoms with Gasteiger partial charge in [0, 0.05) is 7.05 Å². The van der Waals surface area contributed by atoms with Crippen molar-refractivity contribution in [2.75, 3.05) is 7.05 Å². The summed E-state index contributed by atoms with van der Waals surface area (Å²) in [6.07, 6.45) is 0. The van der Waals surface area contributed by atoms with Crippen LogP contribution >= 0.6 is 12.2 Å². The van der Waals surface area contributed by atoms with Crippen molar-refractivity contribution in [3.63, 3.8) is 0 Å². The zero-order valence-corrected chi connectivity index (χ0v) is 6.96. The van der Waals surface area contributed by atoms with E-state index in [1.165, 1.54) is 0 Å². The Morgan fingerprint density at radius 3 is 2.50 bits per heavy atom. The molecule has 0 aromatic heterocycles. The van der Waals surface area contributed by atoms with Gasteiger partial charge in [0.05, 0.1) is 0 Å². The standard InChI is InChI=1S/C6H11N3S/c1-4(2)5(10)9-6(7)8-3/h1H2,2-3H3,(H3,7,8,9,10). The summed E-state index contributed by atoms with van der Waals surface area (Å²) >= 11 is 4.85. The first-order chi connectivity index (χ1) is 4.57. The molecule has 0 aliphatic rings. The number of nitrogens with zero attached hydrogens (tertiary/aromatic N) is 1. The van der Waals surface area contributed by atoms with Crippen LogP contribution in [0.25, 0.3) is 0 Å². The molecule has 4 heteroatoms. The molecule has 3 N–H and O–H groups in total. The Hall–Kier alpha value is -0.900. The van der Waals surface area contributed by atoms with Gasteiger partial charge in [-0.3, -0.25) is 4.99 Å². The van der Waals surface area contributed by atoms with Crippen LogP contribution in [-0.4, -0.2) is 18.0 Å². The summed E-state index contributed by atoms with van der Waals surface area (Å²) < 4.78 is 0. The lowest BCUT2D eigenvalue weighted by molar-refractivity contribution is 1.26. The molecule has 0 heterocycles. The van der Waals surface area contributed by atoms with Crippen LogP contribution in [0.2, 0.25) is 0 Å². The number of hydrogen-bond donors (Lipinski definition) is 2. The third-order valence-corrected chi connectivity index (χ3v) is 1.32. The Labute approximate surface area is 66.0 Å². The predicted octanol–water partition coefficient (Wildman–Crippen LogP) is 0.424. The highest BCUT2D eigenvalue weighted by Gasteiger charge is 1.95. The highest BCUT2D eigenvalue weighted by molar-refractivity contribution is 7.80. The van der Waals surface area contributed by atoms with Gasteiger partial charge in [-0.25, -0.2) is 0 Å². The van der Waals surface area contributed by atoms with Crippen molar-refractivity contribution in [1.82, 2.24) is 5.32 Å². The average molecular weight is 157 g/mol. The molecule has 0 aromatic carbocycles. The van der Waals surface area contributed by atoms with Crippen LogP contribution < -0.4 is 11.1 Å². The van der Waals surface area contributed by atoms with Gasteiger partial charge in [-0.1, -0.05) is 18.8 Å². The minimum absolute atomic E-state index is 0.313. The van der Waals surface area contributed by atoms with Crippen molar-refractivity contribution in [1.29, 1.82) is 0 Å². The number of nitrogens with two attached hydrogens (primary N) is 1. The van der Waals surface area contributed by atoms with Crippen LogP contribution in [0, 0.1) is 0 Å². The summed E-state index contributed by atoms with van der Waals surface area (Å²) in [4.78, 5) is 4.20. The van der Waals surface area contributed by atoms with Gasteiger partial charge in [-0.05, 0) is 12.5 Å². The molecule has 0 aliphatic carbocycles. The second-order valence-electron chi connectivity index (χ2n) is 1.84. The molecule has 3 nitrogen and oxygen atoms in total. The molecule has 0 radical (unpaired) electrons. The van der Waals surface area contributed by atoms with Crippen molar-refractivity contribution in [3.05, 3.63) is 12.2 Å². The molecule has 0 bridgehead atoms. The first kappa shape index (κ1) is 9.10. The van der Waals surface area contributed by atoms with Crippen molar-refractivity contribution >= 4 is 23.2 Å². The van der Waals surface area contributed by atoms with Crippen molar-refractivity contribution in [2.24, 2.45) is 10.7 Å². The van der Waals surface area contributed by atoms with E-state index in [-0.39, 0.29) is 0 Å². The molecular weight excluding hydrogens is 146 g/mol. The SMILES string of the molecule is C=C(C)C(=S)NC(N)=NC. The molecule has 0 atom stereocenters. The van der Waals surface area contributed by atoms with Crippen LogP contribution in [0.4, 0.5) is 0 Å². The Kier molecular flexibility index (Phi) is 3.64. The van der Waals surface area contributed by atoms with Crippen molar-refractivity contribution in [3.8, 4) is 0 Å². The van der Waals surface area contributed by atoms with Gasteiger partial charge in [0.1, 0.15) is 4.99 Å². The number of thiocarbonyl (C=S) groups is 1. The predicted molar refractivity (Wildman–Crippen MR) is 48.1 cm³/mol. The number of guanidine groups is 1. The molecule has 0 saturated heterocycles. The van der Waals surface area contributed by atoms with E-state index in [0.29, 0.717) is 10.9 Å². The second kappa shape index (κ2) is 4.00. The van der Waals surface area contributed by atoms with E-state index in [2.05, 4.69) is 16.9 Å². The molecule has 0 aromatic rings. The van der Waals surface area contributed by atoms with Gasteiger partial charge in [0.15, 0.2) is 5.96 Å². The van der Waals surface area contributed by atoms with Crippen molar-refractivity contribution < 1.29 is 0 Å². The fraction of sp³-hybridized carbons (Fsp3) is 0.333. The monoisotopic (exact) mass is 157 g/mol. The lowest BCUT2D eigenvalue weighted by Gasteiger charge is -2.03. The van der Waals surface area contributed by atoms with E-state index in [0.717, 1.165) is 5.57 Å². The summed E-state index contributed by atoms with van der Waals surface area (Å²) in [5, 5.41) is 2.69. The third-order valence-electron chi connectivity index (χ3n) is 0.870. The zero-order valence-electron chi connectivity index (χ0n) is 6.14. The topological polar surface area (TPSA) is 50.4 Å². The van der Waals surface area contributed by atoms with Crippen molar-refractivity contribution in [2.45, 2.75) is 6.92 Å². The van der Waals surface area contributed by atoms with Gasteiger partial charge < -0.3 is 11.1 Å². The van der Waals surface area contributed by atoms with Gasteiger partial charge in [0.2, 0.25) is 0 Å². The second-order valence-corrected chi connectivity index (χ2v) is 2.25. The molecule has 10 heavy (non-hydrogen) atoms. The van der Waals surface area contributed by atoms with Gasteiger partial charge in [-0.2, -0.15) is 0 Å². The lowest BCUT2D eigenvalue weighted by atomic mass is 10.3. The fourth-order valence-corrected chi connectivity index (χ4v) is 0.383. The summed E-state index contributed by atoms with van der Waals surface area (Å²) in [5.41, 5.74) is 6.10. The van der Waals surface area contributed by atoms with Gasteiger partial charge >= 0.3 is 0 Å². The summed E-state index contributed by atoms with van der Waals surface area (Å²) in [6.45, 7) is 5.43. The lowest BCUT2D eigenvalue weighted by Crippen LogP contribution is -2.35. The molecular formula is C6H11N3S. The van der Waals surface area contributed by atoms with Crippen LogP contribution in [0.1, 0.15) is 6.92 Å². The van der Waals surface area contributed by atoms with E-state index in [1.807, 2.05) is 0 Å².